The summed E-state index contributed by atoms with van der Waals surface area (Å²) in [6, 6.07) is 5.98. The maximum absolute atomic E-state index is 13.3. The molecule has 0 saturated carbocycles. The topological polar surface area (TPSA) is 53.0 Å². The first-order chi connectivity index (χ1) is 13.2. The minimum atomic E-state index is -1.59. The number of rotatable bonds is 8. The van der Waals surface area contributed by atoms with E-state index in [0.717, 1.165) is 6.42 Å². The Morgan fingerprint density at radius 3 is 2.46 bits per heavy atom. The monoisotopic (exact) mass is 428 g/mol. The zero-order valence-electron chi connectivity index (χ0n) is 15.4. The minimum absolute atomic E-state index is 0.194. The van der Waals surface area contributed by atoms with Gasteiger partial charge in [0.25, 0.3) is 5.91 Å². The number of benzene rings is 2. The average molecular weight is 429 g/mol. The molecule has 0 aromatic heterocycles. The van der Waals surface area contributed by atoms with Crippen LogP contribution in [0.15, 0.2) is 35.2 Å². The summed E-state index contributed by atoms with van der Waals surface area (Å²) in [5.41, 5.74) is 0.619. The molecule has 0 heterocycles. The standard InChI is InChI=1S/C20H20ClF3N2OS/c1-3-11(2)6-13(25)10-28-18-7-12(4-5-15(18)21)20(27)26-14-8-16(22)19(24)17(23)9-14/h4-5,7-9,11,25H,3,6,10H2,1-2H3,(H,26,27). The number of nitrogens with one attached hydrogen (secondary N) is 2. The first-order valence-electron chi connectivity index (χ1n) is 8.65. The molecule has 0 bridgehead atoms. The Bertz CT molecular complexity index is 869. The summed E-state index contributed by atoms with van der Waals surface area (Å²) in [6.07, 6.45) is 1.69. The first-order valence-corrected chi connectivity index (χ1v) is 10.0. The fourth-order valence-electron chi connectivity index (χ4n) is 2.37. The van der Waals surface area contributed by atoms with Crippen molar-refractivity contribution in [1.82, 2.24) is 0 Å². The van der Waals surface area contributed by atoms with Crippen molar-refractivity contribution < 1.29 is 18.0 Å². The summed E-state index contributed by atoms with van der Waals surface area (Å²) >= 11 is 7.52. The molecular formula is C20H20ClF3N2OS. The van der Waals surface area contributed by atoms with E-state index in [2.05, 4.69) is 19.2 Å². The van der Waals surface area contributed by atoms with E-state index in [1.54, 1.807) is 12.1 Å². The SMILES string of the molecule is CCC(C)CC(=N)CSc1cc(C(=O)Nc2cc(F)c(F)c(F)c2)ccc1Cl. The van der Waals surface area contributed by atoms with Crippen LogP contribution in [0.4, 0.5) is 18.9 Å². The third kappa shape index (κ3) is 6.01. The van der Waals surface area contributed by atoms with Crippen LogP contribution >= 0.6 is 23.4 Å². The lowest BCUT2D eigenvalue weighted by molar-refractivity contribution is 0.102. The van der Waals surface area contributed by atoms with Gasteiger partial charge in [0.05, 0.1) is 5.02 Å². The molecule has 0 fully saturated rings. The zero-order chi connectivity index (χ0) is 20.8. The van der Waals surface area contributed by atoms with Crippen LogP contribution in [0, 0.1) is 28.8 Å². The molecule has 150 valence electrons. The van der Waals surface area contributed by atoms with Crippen molar-refractivity contribution in [2.75, 3.05) is 11.1 Å². The molecule has 0 aliphatic rings. The van der Waals surface area contributed by atoms with Crippen LogP contribution in [-0.4, -0.2) is 17.4 Å². The van der Waals surface area contributed by atoms with Crippen LogP contribution in [0.1, 0.15) is 37.0 Å². The Morgan fingerprint density at radius 1 is 1.21 bits per heavy atom. The van der Waals surface area contributed by atoms with E-state index < -0.39 is 23.4 Å². The van der Waals surface area contributed by atoms with Gasteiger partial charge in [0.15, 0.2) is 17.5 Å². The number of carbonyl (C=O) groups excluding carboxylic acids is 1. The van der Waals surface area contributed by atoms with E-state index in [1.807, 2.05) is 0 Å². The van der Waals surface area contributed by atoms with Gasteiger partial charge >= 0.3 is 0 Å². The summed E-state index contributed by atoms with van der Waals surface area (Å²) in [5.74, 6) is -4.10. The van der Waals surface area contributed by atoms with Crippen molar-refractivity contribution in [3.8, 4) is 0 Å². The summed E-state index contributed by atoms with van der Waals surface area (Å²) in [7, 11) is 0. The highest BCUT2D eigenvalue weighted by Crippen LogP contribution is 2.29. The molecule has 0 saturated heterocycles. The number of anilines is 1. The fourth-order valence-corrected chi connectivity index (χ4v) is 3.52. The van der Waals surface area contributed by atoms with Crippen molar-refractivity contribution in [2.45, 2.75) is 31.6 Å². The van der Waals surface area contributed by atoms with E-state index in [0.29, 0.717) is 45.9 Å². The smallest absolute Gasteiger partial charge is 0.255 e. The second-order valence-electron chi connectivity index (χ2n) is 6.46. The molecule has 0 radical (unpaired) electrons. The van der Waals surface area contributed by atoms with Crippen LogP contribution in [0.5, 0.6) is 0 Å². The molecule has 28 heavy (non-hydrogen) atoms. The van der Waals surface area contributed by atoms with Gasteiger partial charge in [-0.1, -0.05) is 31.9 Å². The lowest BCUT2D eigenvalue weighted by Gasteiger charge is -2.11. The Morgan fingerprint density at radius 2 is 1.86 bits per heavy atom. The van der Waals surface area contributed by atoms with Crippen LogP contribution in [0.2, 0.25) is 5.02 Å². The van der Waals surface area contributed by atoms with E-state index in [9.17, 15) is 18.0 Å². The van der Waals surface area contributed by atoms with E-state index in [4.69, 9.17) is 17.0 Å². The summed E-state index contributed by atoms with van der Waals surface area (Å²) in [4.78, 5) is 13.0. The average Bonchev–Trinajstić information content (AvgIpc) is 2.65. The molecule has 2 N–H and O–H groups in total. The van der Waals surface area contributed by atoms with Gasteiger partial charge in [-0.15, -0.1) is 11.8 Å². The van der Waals surface area contributed by atoms with Crippen molar-refractivity contribution >= 4 is 40.7 Å². The molecule has 0 aliphatic heterocycles. The van der Waals surface area contributed by atoms with E-state index >= 15 is 0 Å². The van der Waals surface area contributed by atoms with Crippen LogP contribution < -0.4 is 5.32 Å². The minimum Gasteiger partial charge on any atom is -0.322 e. The highest BCUT2D eigenvalue weighted by atomic mass is 35.5. The molecule has 0 spiro atoms. The number of halogens is 4. The Hall–Kier alpha value is -1.99. The Kier molecular flexibility index (Phi) is 7.95. The molecule has 2 rings (SSSR count). The molecule has 1 amide bonds. The highest BCUT2D eigenvalue weighted by Gasteiger charge is 2.15. The number of carbonyl (C=O) groups is 1. The molecule has 2 aromatic rings. The summed E-state index contributed by atoms with van der Waals surface area (Å²) < 4.78 is 39.6. The first kappa shape index (κ1) is 22.3. The van der Waals surface area contributed by atoms with Gasteiger partial charge in [-0.2, -0.15) is 0 Å². The number of amides is 1. The Balaban J connectivity index is 2.09. The maximum atomic E-state index is 13.3. The number of hydrogen-bond donors (Lipinski definition) is 2. The van der Waals surface area contributed by atoms with E-state index in [-0.39, 0.29) is 11.3 Å². The molecule has 2 aromatic carbocycles. The molecule has 3 nitrogen and oxygen atoms in total. The van der Waals surface area contributed by atoms with E-state index in [1.165, 1.54) is 17.8 Å². The summed E-state index contributed by atoms with van der Waals surface area (Å²) in [6.45, 7) is 4.15. The molecule has 8 heteroatoms. The van der Waals surface area contributed by atoms with Gasteiger partial charge in [-0.3, -0.25) is 4.79 Å². The molecule has 0 aliphatic carbocycles. The Labute approximate surface area is 171 Å². The second kappa shape index (κ2) is 9.98. The quantitative estimate of drug-likeness (QED) is 0.284. The third-order valence-electron chi connectivity index (χ3n) is 4.13. The van der Waals surface area contributed by atoms with Gasteiger partial charge in [-0.25, -0.2) is 13.2 Å². The normalized spacial score (nSPS) is 11.9. The number of thioether (sulfide) groups is 1. The molecule has 1 atom stereocenters. The molecular weight excluding hydrogens is 409 g/mol. The second-order valence-corrected chi connectivity index (χ2v) is 7.89. The zero-order valence-corrected chi connectivity index (χ0v) is 17.0. The van der Waals surface area contributed by atoms with Crippen molar-refractivity contribution in [1.29, 1.82) is 5.41 Å². The van der Waals surface area contributed by atoms with Crippen molar-refractivity contribution in [2.24, 2.45) is 5.92 Å². The van der Waals surface area contributed by atoms with Gasteiger partial charge < -0.3 is 10.7 Å². The lowest BCUT2D eigenvalue weighted by Crippen LogP contribution is -2.13. The largest absolute Gasteiger partial charge is 0.322 e. The van der Waals surface area contributed by atoms with Gasteiger partial charge in [0.2, 0.25) is 0 Å². The van der Waals surface area contributed by atoms with Crippen molar-refractivity contribution in [3.63, 3.8) is 0 Å². The highest BCUT2D eigenvalue weighted by molar-refractivity contribution is 8.00. The maximum Gasteiger partial charge on any atom is 0.255 e. The van der Waals surface area contributed by atoms with Crippen LogP contribution in [0.3, 0.4) is 0 Å². The third-order valence-corrected chi connectivity index (χ3v) is 5.71. The van der Waals surface area contributed by atoms with Crippen LogP contribution in [-0.2, 0) is 0 Å². The fraction of sp³-hybridized carbons (Fsp3) is 0.300. The predicted molar refractivity (Wildman–Crippen MR) is 108 cm³/mol. The van der Waals surface area contributed by atoms with Crippen molar-refractivity contribution in [3.05, 3.63) is 58.4 Å². The van der Waals surface area contributed by atoms with Crippen LogP contribution in [0.25, 0.3) is 0 Å². The van der Waals surface area contributed by atoms with Gasteiger partial charge in [0, 0.05) is 39.7 Å². The van der Waals surface area contributed by atoms with Gasteiger partial charge in [-0.05, 0) is 30.5 Å². The molecule has 1 unspecified atom stereocenters. The summed E-state index contributed by atoms with van der Waals surface area (Å²) in [5, 5.41) is 10.8. The predicted octanol–water partition coefficient (Wildman–Crippen LogP) is 6.56. The lowest BCUT2D eigenvalue weighted by atomic mass is 10.0. The van der Waals surface area contributed by atoms with Gasteiger partial charge in [0.1, 0.15) is 0 Å². The number of hydrogen-bond acceptors (Lipinski definition) is 3.